The number of hydrogen-bond acceptors (Lipinski definition) is 6. The molecule has 138 valence electrons. The molecule has 0 bridgehead atoms. The van der Waals surface area contributed by atoms with Crippen molar-refractivity contribution < 1.29 is 28.2 Å². The summed E-state index contributed by atoms with van der Waals surface area (Å²) in [5.41, 5.74) is 1.64. The van der Waals surface area contributed by atoms with Crippen molar-refractivity contribution in [1.29, 1.82) is 0 Å². The lowest BCUT2D eigenvalue weighted by Crippen LogP contribution is -2.21. The number of anilines is 1. The summed E-state index contributed by atoms with van der Waals surface area (Å²) >= 11 is 5.97. The van der Waals surface area contributed by atoms with E-state index in [9.17, 15) is 9.59 Å². The molecule has 1 aliphatic rings. The van der Waals surface area contributed by atoms with E-state index in [2.05, 4.69) is 5.32 Å². The summed E-state index contributed by atoms with van der Waals surface area (Å²) in [5.74, 6) is -0.0101. The van der Waals surface area contributed by atoms with Gasteiger partial charge in [-0.25, -0.2) is 4.79 Å². The van der Waals surface area contributed by atoms with Gasteiger partial charge in [0.1, 0.15) is 5.58 Å². The average molecular weight is 388 g/mol. The van der Waals surface area contributed by atoms with Crippen LogP contribution >= 0.6 is 11.6 Å². The number of ether oxygens (including phenoxy) is 3. The lowest BCUT2D eigenvalue weighted by Gasteiger charge is -2.07. The number of carbonyl (C=O) groups excluding carboxylic acids is 2. The third-order valence-electron chi connectivity index (χ3n) is 4.07. The first-order chi connectivity index (χ1) is 13.0. The standard InChI is InChI=1S/C19H14ClNO6/c1-10-13-6-11(20)2-4-14(13)27-18(10)19(23)24-8-17(22)21-12-3-5-15-16(7-12)26-9-25-15/h2-7H,8-9H2,1H3,(H,21,22). The van der Waals surface area contributed by atoms with Gasteiger partial charge in [-0.3, -0.25) is 4.79 Å². The maximum absolute atomic E-state index is 12.3. The van der Waals surface area contributed by atoms with Crippen LogP contribution in [0.5, 0.6) is 11.5 Å². The number of halogens is 1. The number of carbonyl (C=O) groups is 2. The number of fused-ring (bicyclic) bond motifs is 2. The second-order valence-corrected chi connectivity index (χ2v) is 6.33. The summed E-state index contributed by atoms with van der Waals surface area (Å²) in [4.78, 5) is 24.3. The Balaban J connectivity index is 1.40. The smallest absolute Gasteiger partial charge is 0.375 e. The van der Waals surface area contributed by atoms with E-state index in [0.29, 0.717) is 33.4 Å². The molecule has 0 radical (unpaired) electrons. The number of nitrogens with one attached hydrogen (secondary N) is 1. The van der Waals surface area contributed by atoms with Crippen LogP contribution in [0.3, 0.4) is 0 Å². The molecule has 7 nitrogen and oxygen atoms in total. The molecule has 2 heterocycles. The molecule has 0 atom stereocenters. The lowest BCUT2D eigenvalue weighted by molar-refractivity contribution is -0.119. The Labute approximate surface area is 158 Å². The van der Waals surface area contributed by atoms with E-state index in [0.717, 1.165) is 5.39 Å². The van der Waals surface area contributed by atoms with Crippen molar-refractivity contribution in [2.45, 2.75) is 6.92 Å². The molecule has 1 amide bonds. The SMILES string of the molecule is Cc1c(C(=O)OCC(=O)Nc2ccc3c(c2)OCO3)oc2ccc(Cl)cc12. The first-order valence-electron chi connectivity index (χ1n) is 8.06. The quantitative estimate of drug-likeness (QED) is 0.683. The summed E-state index contributed by atoms with van der Waals surface area (Å²) in [6.45, 7) is 1.42. The second kappa shape index (κ2) is 6.85. The normalized spacial score (nSPS) is 12.2. The first-order valence-corrected chi connectivity index (χ1v) is 8.44. The maximum Gasteiger partial charge on any atom is 0.375 e. The van der Waals surface area contributed by atoms with Gasteiger partial charge < -0.3 is 23.9 Å². The summed E-state index contributed by atoms with van der Waals surface area (Å²) in [5, 5.41) is 3.89. The minimum Gasteiger partial charge on any atom is -0.454 e. The number of amides is 1. The number of hydrogen-bond donors (Lipinski definition) is 1. The molecule has 1 aromatic heterocycles. The predicted molar refractivity (Wildman–Crippen MR) is 97.4 cm³/mol. The highest BCUT2D eigenvalue weighted by Gasteiger charge is 2.20. The maximum atomic E-state index is 12.3. The number of rotatable bonds is 4. The minimum atomic E-state index is -0.722. The van der Waals surface area contributed by atoms with Gasteiger partial charge in [-0.05, 0) is 37.3 Å². The number of esters is 1. The van der Waals surface area contributed by atoms with Crippen molar-refractivity contribution >= 4 is 40.1 Å². The van der Waals surface area contributed by atoms with Crippen LogP contribution in [0.25, 0.3) is 11.0 Å². The number of furan rings is 1. The molecule has 0 saturated heterocycles. The van der Waals surface area contributed by atoms with E-state index in [1.807, 2.05) is 0 Å². The fourth-order valence-corrected chi connectivity index (χ4v) is 2.93. The van der Waals surface area contributed by atoms with Crippen LogP contribution in [0.2, 0.25) is 5.02 Å². The Kier molecular flexibility index (Phi) is 4.37. The van der Waals surface area contributed by atoms with Crippen LogP contribution in [0.15, 0.2) is 40.8 Å². The second-order valence-electron chi connectivity index (χ2n) is 5.89. The van der Waals surface area contributed by atoms with Gasteiger partial charge in [0.05, 0.1) is 0 Å². The van der Waals surface area contributed by atoms with E-state index in [1.54, 1.807) is 43.3 Å². The van der Waals surface area contributed by atoms with Crippen molar-refractivity contribution in [2.24, 2.45) is 0 Å². The van der Waals surface area contributed by atoms with Crippen LogP contribution in [0, 0.1) is 6.92 Å². The average Bonchev–Trinajstić information content (AvgIpc) is 3.24. The Hall–Kier alpha value is -3.19. The zero-order valence-corrected chi connectivity index (χ0v) is 15.0. The van der Waals surface area contributed by atoms with E-state index < -0.39 is 18.5 Å². The third kappa shape index (κ3) is 3.41. The van der Waals surface area contributed by atoms with Crippen molar-refractivity contribution in [3.8, 4) is 11.5 Å². The van der Waals surface area contributed by atoms with Gasteiger partial charge in [-0.2, -0.15) is 0 Å². The first kappa shape index (κ1) is 17.2. The van der Waals surface area contributed by atoms with E-state index in [4.69, 9.17) is 30.2 Å². The molecule has 0 aliphatic carbocycles. The summed E-state index contributed by atoms with van der Waals surface area (Å²) in [6.07, 6.45) is 0. The van der Waals surface area contributed by atoms with Crippen LogP contribution in [-0.2, 0) is 9.53 Å². The molecule has 1 aliphatic heterocycles. The Morgan fingerprint density at radius 3 is 2.81 bits per heavy atom. The van der Waals surface area contributed by atoms with Gasteiger partial charge in [0.2, 0.25) is 12.6 Å². The Bertz CT molecular complexity index is 1060. The molecule has 2 aromatic carbocycles. The summed E-state index contributed by atoms with van der Waals surface area (Å²) < 4.78 is 21.0. The van der Waals surface area contributed by atoms with Gasteiger partial charge in [0.25, 0.3) is 5.91 Å². The molecule has 0 spiro atoms. The molecule has 0 fully saturated rings. The monoisotopic (exact) mass is 387 g/mol. The van der Waals surface area contributed by atoms with Gasteiger partial charge in [0, 0.05) is 27.7 Å². The highest BCUT2D eigenvalue weighted by Crippen LogP contribution is 2.34. The van der Waals surface area contributed by atoms with Crippen LogP contribution in [-0.4, -0.2) is 25.3 Å². The molecule has 4 rings (SSSR count). The van der Waals surface area contributed by atoms with Crippen molar-refractivity contribution in [3.63, 3.8) is 0 Å². The summed E-state index contributed by atoms with van der Waals surface area (Å²) in [6, 6.07) is 10.0. The van der Waals surface area contributed by atoms with Crippen molar-refractivity contribution in [2.75, 3.05) is 18.7 Å². The van der Waals surface area contributed by atoms with Gasteiger partial charge in [0.15, 0.2) is 18.1 Å². The Morgan fingerprint density at radius 1 is 1.15 bits per heavy atom. The molecule has 0 saturated carbocycles. The molecule has 27 heavy (non-hydrogen) atoms. The van der Waals surface area contributed by atoms with E-state index >= 15 is 0 Å². The largest absolute Gasteiger partial charge is 0.454 e. The van der Waals surface area contributed by atoms with Gasteiger partial charge >= 0.3 is 5.97 Å². The molecule has 3 aromatic rings. The van der Waals surface area contributed by atoms with Crippen molar-refractivity contribution in [1.82, 2.24) is 0 Å². The van der Waals surface area contributed by atoms with Crippen LogP contribution < -0.4 is 14.8 Å². The molecule has 0 unspecified atom stereocenters. The van der Waals surface area contributed by atoms with Gasteiger partial charge in [-0.15, -0.1) is 0 Å². The highest BCUT2D eigenvalue weighted by molar-refractivity contribution is 6.31. The van der Waals surface area contributed by atoms with Crippen molar-refractivity contribution in [3.05, 3.63) is 52.7 Å². The highest BCUT2D eigenvalue weighted by atomic mass is 35.5. The molecule has 1 N–H and O–H groups in total. The summed E-state index contributed by atoms with van der Waals surface area (Å²) in [7, 11) is 0. The van der Waals surface area contributed by atoms with Gasteiger partial charge in [-0.1, -0.05) is 11.6 Å². The topological polar surface area (TPSA) is 87.0 Å². The Morgan fingerprint density at radius 2 is 1.96 bits per heavy atom. The number of aryl methyl sites for hydroxylation is 1. The fourth-order valence-electron chi connectivity index (χ4n) is 2.76. The predicted octanol–water partition coefficient (Wildman–Crippen LogP) is 3.92. The minimum absolute atomic E-state index is 0.0446. The molecule has 8 heteroatoms. The zero-order chi connectivity index (χ0) is 19.0. The zero-order valence-electron chi connectivity index (χ0n) is 14.2. The lowest BCUT2D eigenvalue weighted by atomic mass is 10.1. The van der Waals surface area contributed by atoms with E-state index in [1.165, 1.54) is 0 Å². The number of benzene rings is 2. The van der Waals surface area contributed by atoms with Crippen LogP contribution in [0.1, 0.15) is 16.1 Å². The molecular formula is C19H14ClNO6. The fraction of sp³-hybridized carbons (Fsp3) is 0.158. The molecular weight excluding hydrogens is 374 g/mol. The van der Waals surface area contributed by atoms with Crippen LogP contribution in [0.4, 0.5) is 5.69 Å². The van der Waals surface area contributed by atoms with E-state index in [-0.39, 0.29) is 12.6 Å². The third-order valence-corrected chi connectivity index (χ3v) is 4.31.